The minimum absolute atomic E-state index is 0.0213. The highest BCUT2D eigenvalue weighted by atomic mass is 16.4. The number of benzene rings is 1. The average molecular weight is 358 g/mol. The van der Waals surface area contributed by atoms with Crippen molar-refractivity contribution in [1.29, 1.82) is 0 Å². The van der Waals surface area contributed by atoms with Crippen LogP contribution in [-0.2, 0) is 16.1 Å². The van der Waals surface area contributed by atoms with Gasteiger partial charge in [-0.3, -0.25) is 14.4 Å². The Hall–Kier alpha value is -2.85. The number of aliphatic hydroxyl groups excluding tert-OH is 1. The molecule has 138 valence electrons. The van der Waals surface area contributed by atoms with Gasteiger partial charge < -0.3 is 20.8 Å². The highest BCUT2D eigenvalue weighted by Crippen LogP contribution is 2.28. The number of hydrogen-bond acceptors (Lipinski definition) is 4. The molecule has 1 atom stereocenters. The Morgan fingerprint density at radius 3 is 2.73 bits per heavy atom. The molecule has 0 saturated heterocycles. The van der Waals surface area contributed by atoms with Gasteiger partial charge in [-0.05, 0) is 37.0 Å². The molecule has 1 aliphatic heterocycles. The summed E-state index contributed by atoms with van der Waals surface area (Å²) in [6.07, 6.45) is 1.86. The topological polar surface area (TPSA) is 121 Å². The van der Waals surface area contributed by atoms with Crippen LogP contribution in [0.2, 0.25) is 0 Å². The Morgan fingerprint density at radius 2 is 2.08 bits per heavy atom. The normalized spacial score (nSPS) is 13.7. The van der Waals surface area contributed by atoms with E-state index in [1.54, 1.807) is 12.1 Å². The first kappa shape index (κ1) is 19.5. The maximum absolute atomic E-state index is 12.6. The lowest BCUT2D eigenvalue weighted by atomic mass is 10.0. The number of aliphatic carboxylic acids is 1. The number of primary amides is 1. The number of fused-ring (bicyclic) bond motifs is 1. The zero-order valence-corrected chi connectivity index (χ0v) is 14.4. The van der Waals surface area contributed by atoms with E-state index in [1.807, 2.05) is 6.07 Å². The quantitative estimate of drug-likeness (QED) is 0.470. The number of nitrogens with two attached hydrogens (primary N) is 1. The molecule has 4 N–H and O–H groups in total. The summed E-state index contributed by atoms with van der Waals surface area (Å²) in [5, 5.41) is 17.6. The second-order valence-electron chi connectivity index (χ2n) is 6.10. The highest BCUT2D eigenvalue weighted by Gasteiger charge is 2.36. The number of carbonyl (C=O) groups excluding carboxylic acids is 2. The predicted octanol–water partition coefficient (Wildman–Crippen LogP) is 0.875. The van der Waals surface area contributed by atoms with Gasteiger partial charge in [-0.1, -0.05) is 17.9 Å². The monoisotopic (exact) mass is 358 g/mol. The lowest BCUT2D eigenvalue weighted by Gasteiger charge is -2.24. The molecule has 0 spiro atoms. The van der Waals surface area contributed by atoms with Crippen molar-refractivity contribution in [3.63, 3.8) is 0 Å². The zero-order chi connectivity index (χ0) is 19.1. The molecule has 1 aromatic carbocycles. The van der Waals surface area contributed by atoms with Crippen molar-refractivity contribution in [2.24, 2.45) is 5.73 Å². The van der Waals surface area contributed by atoms with Crippen molar-refractivity contribution in [2.75, 3.05) is 6.61 Å². The number of rotatable bonds is 8. The van der Waals surface area contributed by atoms with E-state index >= 15 is 0 Å². The first-order chi connectivity index (χ1) is 12.5. The first-order valence-corrected chi connectivity index (χ1v) is 8.49. The van der Waals surface area contributed by atoms with Crippen LogP contribution in [-0.4, -0.2) is 45.5 Å². The number of unbranched alkanes of at least 4 members (excludes halogenated alkanes) is 2. The van der Waals surface area contributed by atoms with Crippen molar-refractivity contribution in [1.82, 2.24) is 4.90 Å². The number of nitrogens with zero attached hydrogens (tertiary/aromatic N) is 1. The molecule has 7 nitrogen and oxygen atoms in total. The number of aliphatic hydroxyl groups is 1. The number of carbonyl (C=O) groups is 3. The van der Waals surface area contributed by atoms with Crippen LogP contribution >= 0.6 is 0 Å². The van der Waals surface area contributed by atoms with Gasteiger partial charge in [0, 0.05) is 37.1 Å². The largest absolute Gasteiger partial charge is 0.481 e. The van der Waals surface area contributed by atoms with Crippen LogP contribution in [0.1, 0.15) is 53.6 Å². The summed E-state index contributed by atoms with van der Waals surface area (Å²) in [6.45, 7) is 0.319. The minimum atomic E-state index is -1.05. The smallest absolute Gasteiger partial charge is 0.303 e. The maximum atomic E-state index is 12.6. The Morgan fingerprint density at radius 1 is 1.31 bits per heavy atom. The molecular formula is C19H22N2O5. The summed E-state index contributed by atoms with van der Waals surface area (Å²) < 4.78 is 0. The number of hydrogen-bond donors (Lipinski definition) is 3. The molecule has 0 radical (unpaired) electrons. The van der Waals surface area contributed by atoms with E-state index in [0.717, 1.165) is 12.0 Å². The summed E-state index contributed by atoms with van der Waals surface area (Å²) in [5.41, 5.74) is 7.30. The summed E-state index contributed by atoms with van der Waals surface area (Å²) in [6, 6.07) is 4.25. The molecule has 2 amide bonds. The minimum Gasteiger partial charge on any atom is -0.481 e. The van der Waals surface area contributed by atoms with Gasteiger partial charge in [0.2, 0.25) is 5.91 Å². The summed E-state index contributed by atoms with van der Waals surface area (Å²) >= 11 is 0. The third kappa shape index (κ3) is 4.61. The van der Waals surface area contributed by atoms with Crippen LogP contribution in [0, 0.1) is 11.8 Å². The predicted molar refractivity (Wildman–Crippen MR) is 94.0 cm³/mol. The third-order valence-corrected chi connectivity index (χ3v) is 4.26. The van der Waals surface area contributed by atoms with Gasteiger partial charge in [-0.2, -0.15) is 0 Å². The van der Waals surface area contributed by atoms with E-state index in [2.05, 4.69) is 11.8 Å². The molecule has 26 heavy (non-hydrogen) atoms. The third-order valence-electron chi connectivity index (χ3n) is 4.26. The Labute approximate surface area is 151 Å². The van der Waals surface area contributed by atoms with Crippen molar-refractivity contribution in [3.05, 3.63) is 34.9 Å². The zero-order valence-electron chi connectivity index (χ0n) is 14.4. The molecule has 7 heteroatoms. The van der Waals surface area contributed by atoms with E-state index in [9.17, 15) is 14.4 Å². The molecule has 1 unspecified atom stereocenters. The second kappa shape index (κ2) is 9.02. The van der Waals surface area contributed by atoms with Gasteiger partial charge in [0.05, 0.1) is 0 Å². The van der Waals surface area contributed by atoms with Gasteiger partial charge >= 0.3 is 5.97 Å². The highest BCUT2D eigenvalue weighted by molar-refractivity contribution is 6.01. The fourth-order valence-electron chi connectivity index (χ4n) is 2.92. The van der Waals surface area contributed by atoms with E-state index in [-0.39, 0.29) is 31.9 Å². The lowest BCUT2D eigenvalue weighted by molar-refractivity contribution is -0.137. The molecule has 1 heterocycles. The van der Waals surface area contributed by atoms with Gasteiger partial charge in [0.15, 0.2) is 0 Å². The number of carboxylic acid groups (broad SMARTS) is 1. The van der Waals surface area contributed by atoms with Crippen LogP contribution in [0.5, 0.6) is 0 Å². The van der Waals surface area contributed by atoms with E-state index < -0.39 is 17.9 Å². The van der Waals surface area contributed by atoms with Crippen LogP contribution in [0.25, 0.3) is 0 Å². The molecule has 2 rings (SSSR count). The summed E-state index contributed by atoms with van der Waals surface area (Å²) in [7, 11) is 0. The van der Waals surface area contributed by atoms with E-state index in [1.165, 1.54) is 4.90 Å². The number of amides is 2. The molecule has 0 fully saturated rings. The molecule has 0 bridgehead atoms. The van der Waals surface area contributed by atoms with E-state index in [0.29, 0.717) is 24.0 Å². The molecule has 1 aliphatic rings. The molecule has 0 aliphatic carbocycles. The molecular weight excluding hydrogens is 336 g/mol. The van der Waals surface area contributed by atoms with Crippen LogP contribution in [0.3, 0.4) is 0 Å². The average Bonchev–Trinajstić information content (AvgIpc) is 2.92. The van der Waals surface area contributed by atoms with Crippen molar-refractivity contribution >= 4 is 17.8 Å². The van der Waals surface area contributed by atoms with E-state index in [4.69, 9.17) is 15.9 Å². The standard InChI is InChI=1S/C19H22N2O5/c20-18(25)16(9-10-17(23)24)21-12-15-13(6-3-1-2-4-11-22)7-5-8-14(15)19(21)26/h5,7-8,16,22H,1-2,4,9-12H2,(H2,20,25)(H,23,24). The van der Waals surface area contributed by atoms with Gasteiger partial charge in [0.25, 0.3) is 5.91 Å². The SMILES string of the molecule is NC(=O)C(CCC(=O)O)N1Cc2c(C#CCCCCO)cccc2C1=O. The Balaban J connectivity index is 2.20. The van der Waals surface area contributed by atoms with Crippen molar-refractivity contribution < 1.29 is 24.6 Å². The Kier molecular flexibility index (Phi) is 6.75. The molecule has 0 saturated carbocycles. The lowest BCUT2D eigenvalue weighted by Crippen LogP contribution is -2.45. The summed E-state index contributed by atoms with van der Waals surface area (Å²) in [4.78, 5) is 36.5. The molecule has 1 aromatic rings. The first-order valence-electron chi connectivity index (χ1n) is 8.49. The van der Waals surface area contributed by atoms with Gasteiger partial charge in [-0.25, -0.2) is 0 Å². The van der Waals surface area contributed by atoms with Crippen LogP contribution in [0.15, 0.2) is 18.2 Å². The second-order valence-corrected chi connectivity index (χ2v) is 6.10. The maximum Gasteiger partial charge on any atom is 0.303 e. The Bertz CT molecular complexity index is 763. The van der Waals surface area contributed by atoms with Gasteiger partial charge in [0.1, 0.15) is 6.04 Å². The van der Waals surface area contributed by atoms with Gasteiger partial charge in [-0.15, -0.1) is 0 Å². The fraction of sp³-hybridized carbons (Fsp3) is 0.421. The fourth-order valence-corrected chi connectivity index (χ4v) is 2.92. The van der Waals surface area contributed by atoms with Crippen LogP contribution < -0.4 is 5.73 Å². The number of carboxylic acids is 1. The van der Waals surface area contributed by atoms with Crippen molar-refractivity contribution in [3.8, 4) is 11.8 Å². The molecule has 0 aromatic heterocycles. The van der Waals surface area contributed by atoms with Crippen molar-refractivity contribution in [2.45, 2.75) is 44.7 Å². The van der Waals surface area contributed by atoms with Crippen LogP contribution in [0.4, 0.5) is 0 Å². The summed E-state index contributed by atoms with van der Waals surface area (Å²) in [5.74, 6) is 3.97.